The van der Waals surface area contributed by atoms with E-state index in [1.807, 2.05) is 0 Å². The van der Waals surface area contributed by atoms with Crippen LogP contribution < -0.4 is 10.2 Å². The molecule has 146 valence electrons. The summed E-state index contributed by atoms with van der Waals surface area (Å²) in [4.78, 5) is 30.1. The minimum Gasteiger partial charge on any atom is -0.477 e. The first-order chi connectivity index (χ1) is 14.0. The average molecular weight is 395 g/mol. The van der Waals surface area contributed by atoms with Gasteiger partial charge in [-0.2, -0.15) is 0 Å². The number of halogens is 1. The van der Waals surface area contributed by atoms with Crippen LogP contribution in [0.4, 0.5) is 4.39 Å². The first-order valence-electron chi connectivity index (χ1n) is 8.51. The number of benzene rings is 1. The third-order valence-electron chi connectivity index (χ3n) is 4.12. The predicted octanol–water partition coefficient (Wildman–Crippen LogP) is 1.98. The van der Waals surface area contributed by atoms with Crippen molar-refractivity contribution in [3.8, 4) is 5.88 Å². The van der Waals surface area contributed by atoms with E-state index in [2.05, 4.69) is 20.3 Å². The van der Waals surface area contributed by atoms with Crippen molar-refractivity contribution in [2.75, 3.05) is 0 Å². The van der Waals surface area contributed by atoms with Crippen LogP contribution in [-0.2, 0) is 13.2 Å². The lowest BCUT2D eigenvalue weighted by molar-refractivity contribution is 0.0695. The van der Waals surface area contributed by atoms with Crippen molar-refractivity contribution in [1.29, 1.82) is 0 Å². The van der Waals surface area contributed by atoms with E-state index in [9.17, 15) is 14.0 Å². The highest BCUT2D eigenvalue weighted by molar-refractivity contribution is 5.91. The van der Waals surface area contributed by atoms with E-state index in [-0.39, 0.29) is 23.8 Å². The van der Waals surface area contributed by atoms with Crippen LogP contribution in [-0.4, -0.2) is 36.0 Å². The van der Waals surface area contributed by atoms with Crippen LogP contribution in [0.25, 0.3) is 11.0 Å². The second kappa shape index (κ2) is 7.50. The Morgan fingerprint density at radius 3 is 2.93 bits per heavy atom. The molecule has 4 rings (SSSR count). The van der Waals surface area contributed by atoms with Gasteiger partial charge in [0.1, 0.15) is 29.2 Å². The molecule has 0 unspecified atom stereocenters. The van der Waals surface area contributed by atoms with Gasteiger partial charge in [-0.15, -0.1) is 5.10 Å². The number of pyridine rings is 2. The summed E-state index contributed by atoms with van der Waals surface area (Å²) in [5.74, 6) is -1.52. The molecule has 2 N–H and O–H groups in total. The maximum Gasteiger partial charge on any atom is 0.341 e. The van der Waals surface area contributed by atoms with Crippen molar-refractivity contribution < 1.29 is 19.0 Å². The molecule has 0 aliphatic carbocycles. The van der Waals surface area contributed by atoms with Gasteiger partial charge in [-0.1, -0.05) is 17.3 Å². The van der Waals surface area contributed by atoms with E-state index in [0.717, 1.165) is 11.8 Å². The molecule has 0 radical (unpaired) electrons. The van der Waals surface area contributed by atoms with Crippen LogP contribution in [0.15, 0.2) is 53.6 Å². The number of aromatic nitrogens is 5. The molecule has 0 amide bonds. The normalized spacial score (nSPS) is 10.9. The summed E-state index contributed by atoms with van der Waals surface area (Å²) in [6.45, 7) is 0.393. The van der Waals surface area contributed by atoms with Crippen LogP contribution in [0.1, 0.15) is 21.6 Å². The van der Waals surface area contributed by atoms with Crippen LogP contribution >= 0.6 is 0 Å². The number of hydrogen-bond acceptors (Lipinski definition) is 6. The van der Waals surface area contributed by atoms with E-state index in [4.69, 9.17) is 9.84 Å². The van der Waals surface area contributed by atoms with E-state index in [1.54, 1.807) is 35.1 Å². The Bertz CT molecular complexity index is 1270. The third-order valence-corrected chi connectivity index (χ3v) is 4.12. The lowest BCUT2D eigenvalue weighted by Gasteiger charge is -2.05. The number of ether oxygens (including phenoxy) is 1. The van der Waals surface area contributed by atoms with Crippen molar-refractivity contribution in [2.45, 2.75) is 13.2 Å². The Balaban J connectivity index is 1.48. The quantitative estimate of drug-likeness (QED) is 0.512. The first kappa shape index (κ1) is 18.3. The molecule has 10 heteroatoms. The molecule has 0 saturated heterocycles. The molecule has 4 aromatic rings. The molecule has 0 spiro atoms. The van der Waals surface area contributed by atoms with Crippen LogP contribution in [0.2, 0.25) is 0 Å². The smallest absolute Gasteiger partial charge is 0.341 e. The Hall–Kier alpha value is -4.08. The summed E-state index contributed by atoms with van der Waals surface area (Å²) < 4.78 is 20.4. The lowest BCUT2D eigenvalue weighted by Crippen LogP contribution is -2.16. The van der Waals surface area contributed by atoms with Crippen LogP contribution in [0.5, 0.6) is 5.88 Å². The number of nitrogens with zero attached hydrogens (tertiary/aromatic N) is 4. The van der Waals surface area contributed by atoms with Crippen molar-refractivity contribution >= 4 is 17.0 Å². The van der Waals surface area contributed by atoms with Gasteiger partial charge in [0, 0.05) is 12.3 Å². The van der Waals surface area contributed by atoms with Crippen LogP contribution in [0.3, 0.4) is 0 Å². The maximum atomic E-state index is 13.3. The highest BCUT2D eigenvalue weighted by atomic mass is 19.1. The van der Waals surface area contributed by atoms with Crippen molar-refractivity contribution in [3.63, 3.8) is 0 Å². The molecule has 0 fully saturated rings. The van der Waals surface area contributed by atoms with Crippen molar-refractivity contribution in [3.05, 3.63) is 81.7 Å². The third kappa shape index (κ3) is 3.95. The van der Waals surface area contributed by atoms with E-state index in [1.165, 1.54) is 12.1 Å². The number of nitrogens with one attached hydrogen (secondary N) is 1. The molecule has 3 heterocycles. The largest absolute Gasteiger partial charge is 0.477 e. The molecule has 0 atom stereocenters. The zero-order valence-electron chi connectivity index (χ0n) is 14.9. The lowest BCUT2D eigenvalue weighted by atomic mass is 10.2. The SMILES string of the molecule is O=C(O)c1c[nH]c2ccc(OCc3cn(Cc4cccc(F)c4)nn3)nc2c1=O. The molecule has 3 aromatic heterocycles. The average Bonchev–Trinajstić information content (AvgIpc) is 3.14. The van der Waals surface area contributed by atoms with Gasteiger partial charge >= 0.3 is 5.97 Å². The minimum atomic E-state index is -1.34. The Labute approximate surface area is 162 Å². The summed E-state index contributed by atoms with van der Waals surface area (Å²) in [6.07, 6.45) is 2.79. The molecule has 0 bridgehead atoms. The second-order valence-electron chi connectivity index (χ2n) is 6.21. The Morgan fingerprint density at radius 2 is 2.14 bits per heavy atom. The Morgan fingerprint density at radius 1 is 1.28 bits per heavy atom. The molecule has 1 aromatic carbocycles. The van der Waals surface area contributed by atoms with E-state index < -0.39 is 17.0 Å². The zero-order chi connectivity index (χ0) is 20.4. The fourth-order valence-electron chi connectivity index (χ4n) is 2.77. The molecular formula is C19H14FN5O4. The van der Waals surface area contributed by atoms with Crippen molar-refractivity contribution in [1.82, 2.24) is 25.0 Å². The number of rotatable bonds is 6. The Kier molecular flexibility index (Phi) is 4.73. The monoisotopic (exact) mass is 395 g/mol. The fraction of sp³-hybridized carbons (Fsp3) is 0.105. The van der Waals surface area contributed by atoms with Gasteiger partial charge in [0.2, 0.25) is 11.3 Å². The number of H-pyrrole nitrogens is 1. The molecular weight excluding hydrogens is 381 g/mol. The summed E-state index contributed by atoms with van der Waals surface area (Å²) in [7, 11) is 0. The molecule has 0 aliphatic heterocycles. The molecule has 29 heavy (non-hydrogen) atoms. The summed E-state index contributed by atoms with van der Waals surface area (Å²) in [5.41, 5.74) is 0.522. The summed E-state index contributed by atoms with van der Waals surface area (Å²) >= 11 is 0. The molecule has 0 aliphatic rings. The molecule has 9 nitrogen and oxygen atoms in total. The summed E-state index contributed by atoms with van der Waals surface area (Å²) in [6, 6.07) is 9.31. The van der Waals surface area contributed by atoms with Gasteiger partial charge in [0.05, 0.1) is 18.3 Å². The first-order valence-corrected chi connectivity index (χ1v) is 8.51. The van der Waals surface area contributed by atoms with Gasteiger partial charge in [-0.3, -0.25) is 4.79 Å². The van der Waals surface area contributed by atoms with Gasteiger partial charge in [-0.05, 0) is 23.8 Å². The predicted molar refractivity (Wildman–Crippen MR) is 99.2 cm³/mol. The zero-order valence-corrected chi connectivity index (χ0v) is 14.9. The standard InChI is InChI=1S/C19H14FN5O4/c20-12-3-1-2-11(6-12)8-25-9-13(23-24-25)10-29-16-5-4-15-17(22-16)18(26)14(7-21-15)19(27)28/h1-7,9H,8,10H2,(H,21,26)(H,27,28). The van der Waals surface area contributed by atoms with E-state index >= 15 is 0 Å². The van der Waals surface area contributed by atoms with Gasteiger partial charge in [-0.25, -0.2) is 18.9 Å². The second-order valence-corrected chi connectivity index (χ2v) is 6.21. The number of hydrogen-bond donors (Lipinski definition) is 2. The summed E-state index contributed by atoms with van der Waals surface area (Å²) in [5, 5.41) is 17.0. The van der Waals surface area contributed by atoms with Crippen LogP contribution in [0, 0.1) is 5.82 Å². The topological polar surface area (TPSA) is 123 Å². The van der Waals surface area contributed by atoms with Crippen molar-refractivity contribution in [2.24, 2.45) is 0 Å². The number of aromatic amines is 1. The number of carbonyl (C=O) groups is 1. The number of fused-ring (bicyclic) bond motifs is 1. The highest BCUT2D eigenvalue weighted by Gasteiger charge is 2.13. The number of carboxylic acids is 1. The maximum absolute atomic E-state index is 13.3. The molecule has 0 saturated carbocycles. The van der Waals surface area contributed by atoms with Gasteiger partial charge in [0.15, 0.2) is 0 Å². The van der Waals surface area contributed by atoms with Gasteiger partial charge in [0.25, 0.3) is 0 Å². The van der Waals surface area contributed by atoms with Gasteiger partial charge < -0.3 is 14.8 Å². The number of aromatic carboxylic acids is 1. The number of carboxylic acid groups (broad SMARTS) is 1. The fourth-order valence-corrected chi connectivity index (χ4v) is 2.77. The highest BCUT2D eigenvalue weighted by Crippen LogP contribution is 2.14. The van der Waals surface area contributed by atoms with E-state index in [0.29, 0.717) is 17.8 Å². The minimum absolute atomic E-state index is 0.0304.